The Bertz CT molecular complexity index is 1870. The molecule has 0 saturated heterocycles. The molecular weight excluding hydrogens is 655 g/mol. The zero-order valence-corrected chi connectivity index (χ0v) is 28.9. The van der Waals surface area contributed by atoms with Gasteiger partial charge in [0.1, 0.15) is 18.1 Å². The molecule has 3 atom stereocenters. The third-order valence-corrected chi connectivity index (χ3v) is 9.52. The van der Waals surface area contributed by atoms with Crippen molar-refractivity contribution in [3.8, 4) is 0 Å². The van der Waals surface area contributed by atoms with E-state index in [1.54, 1.807) is 24.3 Å². The van der Waals surface area contributed by atoms with E-state index >= 15 is 0 Å². The van der Waals surface area contributed by atoms with Crippen LogP contribution in [0.4, 0.5) is 0 Å². The van der Waals surface area contributed by atoms with Crippen LogP contribution in [0.15, 0.2) is 108 Å². The Balaban J connectivity index is 1.54. The minimum Gasteiger partial charge on any atom is -0.370 e. The van der Waals surface area contributed by atoms with Crippen molar-refractivity contribution in [2.75, 3.05) is 19.3 Å². The van der Waals surface area contributed by atoms with Crippen molar-refractivity contribution >= 4 is 44.5 Å². The van der Waals surface area contributed by atoms with Gasteiger partial charge in [-0.15, -0.1) is 0 Å². The molecule has 0 aromatic heterocycles. The normalized spacial score (nSPS) is 13.1. The van der Waals surface area contributed by atoms with Crippen LogP contribution in [0.3, 0.4) is 0 Å². The number of benzene rings is 4. The standard InChI is InChI=1S/C37H45N7O5S/c1-40-34(45)32(25-28-18-19-29-15-8-9-16-30(29)23-28)43-35(46)31(17-10-21-41-37(38)39)42-36(47)33(24-27-13-6-3-7-14-27)44-50(48,49)22-20-26-11-4-2-5-12-26/h2-9,11-16,18-19,23,31-33,44H,10,17,20-22,24-25H2,1H3,(H,40,45)(H,42,47)(H,43,46)(H4,38,39,41)/t31-,32-,33+/m0/s1. The molecule has 0 radical (unpaired) electrons. The number of sulfonamides is 1. The van der Waals surface area contributed by atoms with E-state index in [4.69, 9.17) is 11.5 Å². The average molecular weight is 700 g/mol. The molecular formula is C37H45N7O5S. The molecule has 264 valence electrons. The number of rotatable bonds is 18. The van der Waals surface area contributed by atoms with Gasteiger partial charge in [-0.05, 0) is 53.1 Å². The fourth-order valence-electron chi connectivity index (χ4n) is 5.51. The van der Waals surface area contributed by atoms with E-state index in [9.17, 15) is 22.8 Å². The number of aliphatic imine (C=N–C) groups is 1. The summed E-state index contributed by atoms with van der Waals surface area (Å²) in [5.41, 5.74) is 13.3. The number of amides is 3. The van der Waals surface area contributed by atoms with E-state index in [2.05, 4.69) is 25.7 Å². The maximum atomic E-state index is 13.9. The molecule has 0 unspecified atom stereocenters. The highest BCUT2D eigenvalue weighted by molar-refractivity contribution is 7.89. The van der Waals surface area contributed by atoms with Gasteiger partial charge in [-0.1, -0.05) is 103 Å². The van der Waals surface area contributed by atoms with Crippen LogP contribution in [0.5, 0.6) is 0 Å². The molecule has 0 aliphatic carbocycles. The van der Waals surface area contributed by atoms with Gasteiger partial charge in [0.2, 0.25) is 27.7 Å². The molecule has 50 heavy (non-hydrogen) atoms. The first kappa shape index (κ1) is 37.5. The first-order valence-electron chi connectivity index (χ1n) is 16.5. The Labute approximate surface area is 293 Å². The molecule has 0 aliphatic heterocycles. The van der Waals surface area contributed by atoms with Gasteiger partial charge in [-0.3, -0.25) is 19.4 Å². The van der Waals surface area contributed by atoms with Gasteiger partial charge in [0.15, 0.2) is 5.96 Å². The quantitative estimate of drug-likeness (QED) is 0.0518. The molecule has 13 heteroatoms. The largest absolute Gasteiger partial charge is 0.370 e. The number of nitrogens with two attached hydrogens (primary N) is 2. The Morgan fingerprint density at radius 3 is 1.92 bits per heavy atom. The number of carbonyl (C=O) groups excluding carboxylic acids is 3. The van der Waals surface area contributed by atoms with Gasteiger partial charge in [0.05, 0.1) is 5.75 Å². The van der Waals surface area contributed by atoms with Crippen molar-refractivity contribution in [3.63, 3.8) is 0 Å². The van der Waals surface area contributed by atoms with Gasteiger partial charge in [-0.25, -0.2) is 13.1 Å². The summed E-state index contributed by atoms with van der Waals surface area (Å²) in [6, 6.07) is 28.5. The van der Waals surface area contributed by atoms with Gasteiger partial charge in [0.25, 0.3) is 0 Å². The Hall–Kier alpha value is -5.27. The van der Waals surface area contributed by atoms with Crippen LogP contribution >= 0.6 is 0 Å². The molecule has 12 nitrogen and oxygen atoms in total. The van der Waals surface area contributed by atoms with Crippen molar-refractivity contribution in [2.45, 2.75) is 50.2 Å². The third kappa shape index (κ3) is 12.0. The lowest BCUT2D eigenvalue weighted by Gasteiger charge is -2.25. The Morgan fingerprint density at radius 1 is 0.680 bits per heavy atom. The number of hydrogen-bond donors (Lipinski definition) is 6. The maximum Gasteiger partial charge on any atom is 0.243 e. The number of likely N-dealkylation sites (N-methyl/N-ethyl adjacent to an activating group) is 1. The minimum absolute atomic E-state index is 0.0441. The number of fused-ring (bicyclic) bond motifs is 1. The number of carbonyl (C=O) groups is 3. The third-order valence-electron chi connectivity index (χ3n) is 8.13. The van der Waals surface area contributed by atoms with E-state index in [0.29, 0.717) is 6.42 Å². The zero-order valence-electron chi connectivity index (χ0n) is 28.0. The molecule has 0 spiro atoms. The molecule has 0 fully saturated rings. The van der Waals surface area contributed by atoms with Crippen LogP contribution in [0.1, 0.15) is 29.5 Å². The second kappa shape index (κ2) is 18.5. The first-order valence-corrected chi connectivity index (χ1v) is 18.1. The van der Waals surface area contributed by atoms with Crippen LogP contribution in [0, 0.1) is 0 Å². The van der Waals surface area contributed by atoms with Crippen LogP contribution < -0.4 is 32.1 Å². The summed E-state index contributed by atoms with van der Waals surface area (Å²) in [4.78, 5) is 44.7. The molecule has 4 rings (SSSR count). The molecule has 3 amide bonds. The lowest BCUT2D eigenvalue weighted by Crippen LogP contribution is -2.57. The maximum absolute atomic E-state index is 13.9. The second-order valence-corrected chi connectivity index (χ2v) is 13.9. The van der Waals surface area contributed by atoms with Crippen LogP contribution in [0.25, 0.3) is 10.8 Å². The van der Waals surface area contributed by atoms with Gasteiger partial charge in [0, 0.05) is 20.0 Å². The van der Waals surface area contributed by atoms with E-state index in [1.165, 1.54) is 7.05 Å². The smallest absolute Gasteiger partial charge is 0.243 e. The minimum atomic E-state index is -3.92. The van der Waals surface area contributed by atoms with Gasteiger partial charge in [-0.2, -0.15) is 0 Å². The summed E-state index contributed by atoms with van der Waals surface area (Å²) < 4.78 is 29.1. The highest BCUT2D eigenvalue weighted by Gasteiger charge is 2.31. The lowest BCUT2D eigenvalue weighted by molar-refractivity contribution is -0.132. The number of guanidine groups is 1. The SMILES string of the molecule is CNC(=O)[C@H](Cc1ccc2ccccc2c1)NC(=O)[C@H](CCCN=C(N)N)NC(=O)[C@@H](Cc1ccccc1)NS(=O)(=O)CCc1ccccc1. The second-order valence-electron chi connectivity index (χ2n) is 12.0. The van der Waals surface area contributed by atoms with E-state index in [0.717, 1.165) is 27.5 Å². The fourth-order valence-corrected chi connectivity index (χ4v) is 6.76. The summed E-state index contributed by atoms with van der Waals surface area (Å²) in [5.74, 6) is -2.06. The van der Waals surface area contributed by atoms with Crippen molar-refractivity contribution in [1.82, 2.24) is 20.7 Å². The molecule has 8 N–H and O–H groups in total. The predicted octanol–water partition coefficient (Wildman–Crippen LogP) is 1.92. The Morgan fingerprint density at radius 2 is 1.26 bits per heavy atom. The molecule has 0 saturated carbocycles. The van der Waals surface area contributed by atoms with Gasteiger partial charge >= 0.3 is 0 Å². The van der Waals surface area contributed by atoms with Crippen LogP contribution in [-0.2, 0) is 43.7 Å². The number of aryl methyl sites for hydroxylation is 1. The van der Waals surface area contributed by atoms with Crippen LogP contribution in [0.2, 0.25) is 0 Å². The van der Waals surface area contributed by atoms with Crippen molar-refractivity contribution < 1.29 is 22.8 Å². The summed E-state index contributed by atoms with van der Waals surface area (Å²) in [7, 11) is -2.44. The monoisotopic (exact) mass is 699 g/mol. The Kier molecular flexibility index (Phi) is 13.9. The molecule has 0 bridgehead atoms. The summed E-state index contributed by atoms with van der Waals surface area (Å²) in [5, 5.41) is 10.2. The lowest BCUT2D eigenvalue weighted by atomic mass is 10.0. The topological polar surface area (TPSA) is 198 Å². The highest BCUT2D eigenvalue weighted by Crippen LogP contribution is 2.17. The first-order chi connectivity index (χ1) is 24.0. The van der Waals surface area contributed by atoms with E-state index in [1.807, 2.05) is 78.9 Å². The summed E-state index contributed by atoms with van der Waals surface area (Å²) in [6.45, 7) is 0.192. The zero-order chi connectivity index (χ0) is 35.9. The highest BCUT2D eigenvalue weighted by atomic mass is 32.2. The molecule has 4 aromatic carbocycles. The fraction of sp³-hybridized carbons (Fsp3) is 0.297. The van der Waals surface area contributed by atoms with Gasteiger partial charge < -0.3 is 27.4 Å². The van der Waals surface area contributed by atoms with E-state index < -0.39 is 45.9 Å². The average Bonchev–Trinajstić information content (AvgIpc) is 3.11. The number of nitrogens with zero attached hydrogens (tertiary/aromatic N) is 1. The van der Waals surface area contributed by atoms with Crippen molar-refractivity contribution in [2.24, 2.45) is 16.5 Å². The summed E-state index contributed by atoms with van der Waals surface area (Å²) >= 11 is 0. The molecule has 4 aromatic rings. The van der Waals surface area contributed by atoms with Crippen molar-refractivity contribution in [1.29, 1.82) is 0 Å². The van der Waals surface area contributed by atoms with E-state index in [-0.39, 0.29) is 43.9 Å². The molecule has 0 aliphatic rings. The van der Waals surface area contributed by atoms with Crippen molar-refractivity contribution in [3.05, 3.63) is 120 Å². The molecule has 0 heterocycles. The van der Waals surface area contributed by atoms with Crippen LogP contribution in [-0.4, -0.2) is 69.6 Å². The number of nitrogens with one attached hydrogen (secondary N) is 4. The predicted molar refractivity (Wildman–Crippen MR) is 196 cm³/mol. The summed E-state index contributed by atoms with van der Waals surface area (Å²) in [6.07, 6.45) is 0.927. The number of hydrogen-bond acceptors (Lipinski definition) is 6.